The van der Waals surface area contributed by atoms with Crippen LogP contribution in [0.25, 0.3) is 0 Å². The lowest BCUT2D eigenvalue weighted by Gasteiger charge is -2.01. The molecule has 0 aliphatic carbocycles. The number of rotatable bonds is 0. The van der Waals surface area contributed by atoms with Gasteiger partial charge < -0.3 is 4.74 Å². The molecule has 0 spiro atoms. The van der Waals surface area contributed by atoms with Crippen molar-refractivity contribution >= 4 is 0 Å². The van der Waals surface area contributed by atoms with Gasteiger partial charge >= 0.3 is 0 Å². The third-order valence-electron chi connectivity index (χ3n) is 1.20. The smallest absolute Gasteiger partial charge is 0.0580 e. The van der Waals surface area contributed by atoms with Gasteiger partial charge in [-0.1, -0.05) is 0 Å². The molecule has 1 heteroatoms. The fraction of sp³-hybridized carbons (Fsp3) is 0.667. The predicted octanol–water partition coefficient (Wildman–Crippen LogP) is 1.20. The van der Waals surface area contributed by atoms with Crippen molar-refractivity contribution in [2.24, 2.45) is 0 Å². The van der Waals surface area contributed by atoms with E-state index in [-0.39, 0.29) is 12.2 Å². The molecule has 0 N–H and O–H groups in total. The molecule has 0 aromatic heterocycles. The summed E-state index contributed by atoms with van der Waals surface area (Å²) >= 11 is 0. The van der Waals surface area contributed by atoms with E-state index in [4.69, 9.17) is 4.74 Å². The summed E-state index contributed by atoms with van der Waals surface area (Å²) < 4.78 is 5.14. The normalized spacial score (nSPS) is 42.0. The van der Waals surface area contributed by atoms with Crippen molar-refractivity contribution in [2.45, 2.75) is 25.0 Å². The summed E-state index contributed by atoms with van der Waals surface area (Å²) in [4.78, 5) is 0. The number of ether oxygens (including phenoxy) is 1. The third kappa shape index (κ3) is 1.16. The van der Waals surface area contributed by atoms with Crippen molar-refractivity contribution in [1.29, 1.82) is 0 Å². The van der Waals surface area contributed by atoms with E-state index in [0.29, 0.717) is 0 Å². The first-order valence-electron chi connectivity index (χ1n) is 2.60. The first-order chi connectivity index (χ1) is 3.29. The van der Waals surface area contributed by atoms with E-state index in [1.54, 1.807) is 0 Å². The zero-order valence-corrected chi connectivity index (χ0v) is 4.39. The lowest BCUT2D eigenvalue weighted by Crippen LogP contribution is -2.02. The molecule has 0 aromatic carbocycles. The van der Waals surface area contributed by atoms with Crippen LogP contribution in [0.5, 0.6) is 0 Å². The van der Waals surface area contributed by atoms with Gasteiger partial charge in [-0.25, -0.2) is 0 Å². The third-order valence-corrected chi connectivity index (χ3v) is 1.20. The number of hydrogen-bond acceptors (Lipinski definition) is 1. The lowest BCUT2D eigenvalue weighted by molar-refractivity contribution is 0.0973. The van der Waals surface area contributed by atoms with Gasteiger partial charge in [0.2, 0.25) is 0 Å². The predicted molar refractivity (Wildman–Crippen MR) is 28.6 cm³/mol. The Bertz CT molecular complexity index is 53.2. The molecule has 1 nitrogen and oxygen atoms in total. The molecule has 1 aliphatic heterocycles. The topological polar surface area (TPSA) is 9.23 Å². The van der Waals surface area contributed by atoms with Crippen molar-refractivity contribution in [3.8, 4) is 0 Å². The summed E-state index contributed by atoms with van der Waals surface area (Å²) in [6, 6.07) is 0. The molecule has 0 bridgehead atoms. The molecule has 1 heterocycles. The highest BCUT2D eigenvalue weighted by Gasteiger charge is 2.16. The van der Waals surface area contributed by atoms with Crippen LogP contribution in [-0.2, 0) is 4.74 Å². The maximum atomic E-state index is 5.14. The Labute approximate surface area is 44.7 Å². The summed E-state index contributed by atoms with van der Waals surface area (Å²) in [5.74, 6) is 0. The van der Waals surface area contributed by atoms with Gasteiger partial charge in [-0.15, -0.1) is 0 Å². The maximum absolute atomic E-state index is 5.14. The fourth-order valence-corrected chi connectivity index (χ4v) is 0.780. The standard InChI is InChI=1S/C6H10O/c1-5-3-4-6(2)7-5/h5-6H,1-4H2/t5-,6-/m0/s1. The Morgan fingerprint density at radius 1 is 1.14 bits per heavy atom. The van der Waals surface area contributed by atoms with Crippen LogP contribution in [0.1, 0.15) is 12.8 Å². The molecule has 1 rings (SSSR count). The van der Waals surface area contributed by atoms with Crippen molar-refractivity contribution in [2.75, 3.05) is 0 Å². The van der Waals surface area contributed by atoms with Crippen LogP contribution in [0.4, 0.5) is 0 Å². The van der Waals surface area contributed by atoms with Crippen molar-refractivity contribution in [1.82, 2.24) is 0 Å². The SMILES string of the molecule is [CH2][C@H]1CC[C@H]([CH2])O1. The first-order valence-corrected chi connectivity index (χ1v) is 2.60. The lowest BCUT2D eigenvalue weighted by atomic mass is 10.2. The summed E-state index contributed by atoms with van der Waals surface area (Å²) in [6.07, 6.45) is 2.58. The summed E-state index contributed by atoms with van der Waals surface area (Å²) in [5, 5.41) is 0. The summed E-state index contributed by atoms with van der Waals surface area (Å²) in [6.45, 7) is 7.45. The van der Waals surface area contributed by atoms with E-state index >= 15 is 0 Å². The van der Waals surface area contributed by atoms with E-state index in [2.05, 4.69) is 13.8 Å². The van der Waals surface area contributed by atoms with Crippen LogP contribution in [0.3, 0.4) is 0 Å². The molecule has 1 aliphatic rings. The van der Waals surface area contributed by atoms with E-state index in [1.807, 2.05) is 0 Å². The molecule has 0 saturated carbocycles. The van der Waals surface area contributed by atoms with Crippen LogP contribution >= 0.6 is 0 Å². The number of hydrogen-bond donors (Lipinski definition) is 0. The van der Waals surface area contributed by atoms with Crippen LogP contribution in [0, 0.1) is 13.8 Å². The Morgan fingerprint density at radius 3 is 1.71 bits per heavy atom. The minimum Gasteiger partial charge on any atom is -0.375 e. The molecule has 1 saturated heterocycles. The zero-order valence-electron chi connectivity index (χ0n) is 4.39. The van der Waals surface area contributed by atoms with Gasteiger partial charge in [0, 0.05) is 0 Å². The van der Waals surface area contributed by atoms with Crippen LogP contribution in [0.15, 0.2) is 0 Å². The van der Waals surface area contributed by atoms with Gasteiger partial charge in [0.15, 0.2) is 0 Å². The average Bonchev–Trinajstić information content (AvgIpc) is 1.87. The molecule has 0 aromatic rings. The highest BCUT2D eigenvalue weighted by atomic mass is 16.5. The van der Waals surface area contributed by atoms with Crippen molar-refractivity contribution in [3.05, 3.63) is 13.8 Å². The summed E-state index contributed by atoms with van der Waals surface area (Å²) in [5.41, 5.74) is 0. The average molecular weight is 98.1 g/mol. The first kappa shape index (κ1) is 5.10. The minimum atomic E-state index is 0.211. The van der Waals surface area contributed by atoms with Gasteiger partial charge in [0.05, 0.1) is 12.2 Å². The highest BCUT2D eigenvalue weighted by Crippen LogP contribution is 2.16. The van der Waals surface area contributed by atoms with Gasteiger partial charge in [0.25, 0.3) is 0 Å². The van der Waals surface area contributed by atoms with Crippen LogP contribution in [-0.4, -0.2) is 12.2 Å². The summed E-state index contributed by atoms with van der Waals surface area (Å²) in [7, 11) is 0. The fourth-order valence-electron chi connectivity index (χ4n) is 0.780. The van der Waals surface area contributed by atoms with Gasteiger partial charge in [-0.2, -0.15) is 0 Å². The van der Waals surface area contributed by atoms with Crippen LogP contribution < -0.4 is 0 Å². The molecule has 40 valence electrons. The van der Waals surface area contributed by atoms with E-state index in [9.17, 15) is 0 Å². The largest absolute Gasteiger partial charge is 0.375 e. The second-order valence-electron chi connectivity index (χ2n) is 1.96. The highest BCUT2D eigenvalue weighted by molar-refractivity contribution is 4.75. The van der Waals surface area contributed by atoms with Crippen molar-refractivity contribution in [3.63, 3.8) is 0 Å². The minimum absolute atomic E-state index is 0.211. The van der Waals surface area contributed by atoms with Gasteiger partial charge in [-0.05, 0) is 26.7 Å². The second kappa shape index (κ2) is 1.83. The molecule has 0 amide bonds. The van der Waals surface area contributed by atoms with Gasteiger partial charge in [0.1, 0.15) is 0 Å². The Morgan fingerprint density at radius 2 is 1.57 bits per heavy atom. The molecule has 1 fully saturated rings. The van der Waals surface area contributed by atoms with Gasteiger partial charge in [-0.3, -0.25) is 0 Å². The molecular formula is C6H10O. The molecule has 0 unspecified atom stereocenters. The zero-order chi connectivity index (χ0) is 5.28. The van der Waals surface area contributed by atoms with Crippen molar-refractivity contribution < 1.29 is 4.74 Å². The molecular weight excluding hydrogens is 88.1 g/mol. The van der Waals surface area contributed by atoms with E-state index < -0.39 is 0 Å². The second-order valence-corrected chi connectivity index (χ2v) is 1.96. The molecule has 2 atom stereocenters. The van der Waals surface area contributed by atoms with E-state index in [1.165, 1.54) is 0 Å². The van der Waals surface area contributed by atoms with Crippen LogP contribution in [0.2, 0.25) is 0 Å². The molecule has 2 radical (unpaired) electrons. The Hall–Kier alpha value is -0.0400. The Balaban J connectivity index is 2.26. The Kier molecular flexibility index (Phi) is 1.33. The van der Waals surface area contributed by atoms with E-state index in [0.717, 1.165) is 12.8 Å². The quantitative estimate of drug-likeness (QED) is 0.442. The molecule has 7 heavy (non-hydrogen) atoms. The monoisotopic (exact) mass is 98.1 g/mol. The maximum Gasteiger partial charge on any atom is 0.0580 e.